The molecule has 20 heavy (non-hydrogen) atoms. The molecule has 1 heterocycles. The summed E-state index contributed by atoms with van der Waals surface area (Å²) in [5.74, 6) is -0.797. The lowest BCUT2D eigenvalue weighted by molar-refractivity contribution is -0.142. The average Bonchev–Trinajstić information content (AvgIpc) is 2.76. The van der Waals surface area contributed by atoms with E-state index in [9.17, 15) is 9.59 Å². The highest BCUT2D eigenvalue weighted by atomic mass is 32.1. The van der Waals surface area contributed by atoms with Gasteiger partial charge in [0.1, 0.15) is 16.6 Å². The third-order valence-corrected chi connectivity index (χ3v) is 3.62. The molecule has 0 aliphatic carbocycles. The molecule has 0 aliphatic rings. The number of carbonyl (C=O) groups is 2. The third-order valence-electron chi connectivity index (χ3n) is 2.75. The molecule has 0 spiro atoms. The van der Waals surface area contributed by atoms with Crippen LogP contribution in [0.3, 0.4) is 0 Å². The van der Waals surface area contributed by atoms with Crippen LogP contribution in [-0.2, 0) is 14.3 Å². The van der Waals surface area contributed by atoms with Crippen molar-refractivity contribution in [3.05, 3.63) is 11.3 Å². The van der Waals surface area contributed by atoms with Gasteiger partial charge in [-0.25, -0.2) is 9.59 Å². The molecule has 0 saturated carbocycles. The van der Waals surface area contributed by atoms with Crippen LogP contribution in [-0.4, -0.2) is 36.1 Å². The van der Waals surface area contributed by atoms with Gasteiger partial charge in [-0.2, -0.15) is 4.37 Å². The molecule has 1 aromatic rings. The Labute approximate surface area is 122 Å². The van der Waals surface area contributed by atoms with E-state index in [0.29, 0.717) is 16.3 Å². The van der Waals surface area contributed by atoms with Gasteiger partial charge in [-0.1, -0.05) is 13.8 Å². The van der Waals surface area contributed by atoms with Crippen LogP contribution < -0.4 is 5.32 Å². The summed E-state index contributed by atoms with van der Waals surface area (Å²) in [5, 5.41) is 3.57. The Kier molecular flexibility index (Phi) is 5.94. The predicted molar refractivity (Wildman–Crippen MR) is 77.1 cm³/mol. The number of anilines is 1. The fraction of sp³-hybridized carbons (Fsp3) is 0.615. The van der Waals surface area contributed by atoms with Crippen molar-refractivity contribution in [1.29, 1.82) is 0 Å². The second kappa shape index (κ2) is 7.23. The maximum atomic E-state index is 11.9. The fourth-order valence-electron chi connectivity index (χ4n) is 1.68. The molecular weight excluding hydrogens is 280 g/mol. The molecule has 1 aromatic heterocycles. The Morgan fingerprint density at radius 1 is 1.40 bits per heavy atom. The van der Waals surface area contributed by atoms with Crippen LogP contribution in [0.25, 0.3) is 0 Å². The van der Waals surface area contributed by atoms with Crippen molar-refractivity contribution >= 4 is 28.5 Å². The summed E-state index contributed by atoms with van der Waals surface area (Å²) in [6, 6.07) is -0.534. The van der Waals surface area contributed by atoms with Gasteiger partial charge in [0, 0.05) is 0 Å². The van der Waals surface area contributed by atoms with Crippen LogP contribution >= 0.6 is 11.5 Å². The van der Waals surface area contributed by atoms with Gasteiger partial charge in [-0.3, -0.25) is 0 Å². The Bertz CT molecular complexity index is 485. The zero-order chi connectivity index (χ0) is 15.3. The molecule has 1 unspecified atom stereocenters. The topological polar surface area (TPSA) is 77.5 Å². The first-order chi connectivity index (χ1) is 9.42. The Balaban J connectivity index is 3.02. The maximum Gasteiger partial charge on any atom is 0.343 e. The smallest absolute Gasteiger partial charge is 0.343 e. The lowest BCUT2D eigenvalue weighted by Crippen LogP contribution is -2.35. The second-order valence-corrected chi connectivity index (χ2v) is 5.36. The zero-order valence-electron chi connectivity index (χ0n) is 12.4. The highest BCUT2D eigenvalue weighted by Crippen LogP contribution is 2.27. The maximum absolute atomic E-state index is 11.9. The van der Waals surface area contributed by atoms with E-state index in [1.54, 1.807) is 13.8 Å². The minimum Gasteiger partial charge on any atom is -0.467 e. The van der Waals surface area contributed by atoms with E-state index >= 15 is 0 Å². The zero-order valence-corrected chi connectivity index (χ0v) is 13.2. The summed E-state index contributed by atoms with van der Waals surface area (Å²) in [4.78, 5) is 23.7. The summed E-state index contributed by atoms with van der Waals surface area (Å²) < 4.78 is 13.9. The summed E-state index contributed by atoms with van der Waals surface area (Å²) in [7, 11) is 1.34. The van der Waals surface area contributed by atoms with Crippen molar-refractivity contribution in [2.24, 2.45) is 5.92 Å². The molecule has 1 rings (SSSR count). The number of ether oxygens (including phenoxy) is 2. The van der Waals surface area contributed by atoms with Gasteiger partial charge in [0.25, 0.3) is 0 Å². The molecule has 7 heteroatoms. The molecule has 0 aromatic carbocycles. The molecule has 0 bridgehead atoms. The van der Waals surface area contributed by atoms with Gasteiger partial charge in [-0.15, -0.1) is 0 Å². The number of nitrogens with zero attached hydrogens (tertiary/aromatic N) is 1. The van der Waals surface area contributed by atoms with Crippen molar-refractivity contribution < 1.29 is 19.1 Å². The van der Waals surface area contributed by atoms with E-state index in [4.69, 9.17) is 9.47 Å². The van der Waals surface area contributed by atoms with Crippen molar-refractivity contribution in [2.75, 3.05) is 19.0 Å². The highest BCUT2D eigenvalue weighted by Gasteiger charge is 2.27. The first-order valence-electron chi connectivity index (χ1n) is 6.40. The SMILES string of the molecule is CCOC(=O)c1c(C)nsc1NC(C(=O)OC)C(C)C. The van der Waals surface area contributed by atoms with E-state index in [1.807, 2.05) is 13.8 Å². The Morgan fingerprint density at radius 3 is 2.55 bits per heavy atom. The monoisotopic (exact) mass is 300 g/mol. The molecular formula is C13H20N2O4S. The van der Waals surface area contributed by atoms with E-state index < -0.39 is 12.0 Å². The molecule has 112 valence electrons. The molecule has 6 nitrogen and oxygen atoms in total. The summed E-state index contributed by atoms with van der Waals surface area (Å²) in [6.07, 6.45) is 0. The van der Waals surface area contributed by atoms with Crippen molar-refractivity contribution in [3.8, 4) is 0 Å². The van der Waals surface area contributed by atoms with Gasteiger partial charge in [-0.05, 0) is 31.3 Å². The highest BCUT2D eigenvalue weighted by molar-refractivity contribution is 7.10. The van der Waals surface area contributed by atoms with Gasteiger partial charge >= 0.3 is 11.9 Å². The molecule has 0 amide bonds. The normalized spacial score (nSPS) is 12.1. The Morgan fingerprint density at radius 2 is 2.05 bits per heavy atom. The number of methoxy groups -OCH3 is 1. The van der Waals surface area contributed by atoms with E-state index in [1.165, 1.54) is 7.11 Å². The standard InChI is InChI=1S/C13H20N2O4S/c1-6-19-12(16)9-8(4)15-20-11(9)14-10(7(2)3)13(17)18-5/h7,10,14H,6H2,1-5H3. The number of rotatable bonds is 6. The largest absolute Gasteiger partial charge is 0.467 e. The number of carbonyl (C=O) groups excluding carboxylic acids is 2. The van der Waals surface area contributed by atoms with Crippen molar-refractivity contribution in [2.45, 2.75) is 33.7 Å². The molecule has 0 aliphatic heterocycles. The summed E-state index contributed by atoms with van der Waals surface area (Å²) >= 11 is 1.13. The predicted octanol–water partition coefficient (Wildman–Crippen LogP) is 2.24. The van der Waals surface area contributed by atoms with E-state index in [0.717, 1.165) is 11.5 Å². The number of hydrogen-bond acceptors (Lipinski definition) is 7. The van der Waals surface area contributed by atoms with Crippen LogP contribution in [0, 0.1) is 12.8 Å². The van der Waals surface area contributed by atoms with Crippen LogP contribution in [0.1, 0.15) is 36.8 Å². The Hall–Kier alpha value is -1.63. The number of nitrogens with one attached hydrogen (secondary N) is 1. The van der Waals surface area contributed by atoms with Crippen molar-refractivity contribution in [3.63, 3.8) is 0 Å². The summed E-state index contributed by atoms with van der Waals surface area (Å²) in [5.41, 5.74) is 0.967. The first-order valence-corrected chi connectivity index (χ1v) is 7.17. The van der Waals surface area contributed by atoms with E-state index in [2.05, 4.69) is 9.69 Å². The number of aryl methyl sites for hydroxylation is 1. The van der Waals surface area contributed by atoms with Crippen LogP contribution in [0.15, 0.2) is 0 Å². The van der Waals surface area contributed by atoms with Gasteiger partial charge in [0.2, 0.25) is 0 Å². The lowest BCUT2D eigenvalue weighted by Gasteiger charge is -2.20. The summed E-state index contributed by atoms with van der Waals surface area (Å²) in [6.45, 7) is 7.55. The average molecular weight is 300 g/mol. The minimum atomic E-state index is -0.534. The van der Waals surface area contributed by atoms with Gasteiger partial charge in [0.05, 0.1) is 19.4 Å². The van der Waals surface area contributed by atoms with Crippen molar-refractivity contribution in [1.82, 2.24) is 4.37 Å². The fourth-order valence-corrected chi connectivity index (χ4v) is 2.50. The number of esters is 2. The lowest BCUT2D eigenvalue weighted by atomic mass is 10.0. The molecule has 0 radical (unpaired) electrons. The minimum absolute atomic E-state index is 0.0138. The van der Waals surface area contributed by atoms with E-state index in [-0.39, 0.29) is 18.5 Å². The quantitative estimate of drug-likeness (QED) is 0.812. The van der Waals surface area contributed by atoms with Crippen LogP contribution in [0.4, 0.5) is 5.00 Å². The van der Waals surface area contributed by atoms with Crippen LogP contribution in [0.2, 0.25) is 0 Å². The molecule has 0 saturated heterocycles. The second-order valence-electron chi connectivity index (χ2n) is 4.58. The van der Waals surface area contributed by atoms with Gasteiger partial charge in [0.15, 0.2) is 0 Å². The molecule has 0 fully saturated rings. The first kappa shape index (κ1) is 16.4. The molecule has 1 N–H and O–H groups in total. The van der Waals surface area contributed by atoms with Gasteiger partial charge < -0.3 is 14.8 Å². The molecule has 1 atom stereocenters. The third kappa shape index (κ3) is 3.69. The number of aromatic nitrogens is 1. The number of hydrogen-bond donors (Lipinski definition) is 1. The van der Waals surface area contributed by atoms with Crippen LogP contribution in [0.5, 0.6) is 0 Å².